The van der Waals surface area contributed by atoms with Crippen molar-refractivity contribution in [1.82, 2.24) is 34.8 Å². The molecule has 1 aliphatic heterocycles. The van der Waals surface area contributed by atoms with Gasteiger partial charge in [0.15, 0.2) is 6.33 Å². The van der Waals surface area contributed by atoms with E-state index in [-0.39, 0.29) is 18.4 Å². The van der Waals surface area contributed by atoms with E-state index >= 15 is 0 Å². The number of hydrogen-bond acceptors (Lipinski definition) is 8. The standard InChI is InChI=1S/C26H28N8O4/c1-3-22(35)27-10-13-37-21-9-7-8-19-23(21)33-11-5-4-6-12-38-34-16-28-32-24(34)20-15-18(14-17(2)29-20)25(36)31-26(33)30-19/h3,7-9,14-16H,1,4-6,10-13H2,2H3,(H,27,35)(H,30,31,36). The third-order valence-corrected chi connectivity index (χ3v) is 6.02. The summed E-state index contributed by atoms with van der Waals surface area (Å²) in [7, 11) is 0. The summed E-state index contributed by atoms with van der Waals surface area (Å²) in [4.78, 5) is 40.0. The molecule has 0 unspecified atom stereocenters. The third kappa shape index (κ3) is 5.33. The molecule has 5 rings (SSSR count). The predicted molar refractivity (Wildman–Crippen MR) is 140 cm³/mol. The number of nitrogens with one attached hydrogen (secondary N) is 2. The number of para-hydroxylation sites is 1. The topological polar surface area (TPSA) is 138 Å². The van der Waals surface area contributed by atoms with Crippen LogP contribution >= 0.6 is 0 Å². The zero-order chi connectivity index (χ0) is 26.5. The molecule has 4 heterocycles. The number of aromatic nitrogens is 6. The normalized spacial score (nSPS) is 13.8. The minimum Gasteiger partial charge on any atom is -0.489 e. The maximum Gasteiger partial charge on any atom is 0.258 e. The smallest absolute Gasteiger partial charge is 0.258 e. The van der Waals surface area contributed by atoms with E-state index in [1.165, 1.54) is 17.1 Å². The van der Waals surface area contributed by atoms with Crippen molar-refractivity contribution in [3.8, 4) is 17.3 Å². The lowest BCUT2D eigenvalue weighted by atomic mass is 10.1. The summed E-state index contributed by atoms with van der Waals surface area (Å²) < 4.78 is 9.46. The van der Waals surface area contributed by atoms with Gasteiger partial charge in [0.2, 0.25) is 17.7 Å². The number of fused-ring (bicyclic) bond motifs is 7. The Morgan fingerprint density at radius 2 is 2.16 bits per heavy atom. The number of hydrogen-bond donors (Lipinski definition) is 2. The van der Waals surface area contributed by atoms with E-state index in [1.807, 2.05) is 29.7 Å². The number of ether oxygens (including phenoxy) is 1. The van der Waals surface area contributed by atoms with E-state index in [2.05, 4.69) is 32.4 Å². The fourth-order valence-electron chi connectivity index (χ4n) is 4.27. The Kier molecular flexibility index (Phi) is 7.29. The SMILES string of the molecule is C=CC(=O)NCCOc1cccc2nc3n(c12)CCCCCOn1cnnc1-c1cc(cc(C)n1)C(=O)N3. The van der Waals surface area contributed by atoms with Gasteiger partial charge in [-0.2, -0.15) is 0 Å². The highest BCUT2D eigenvalue weighted by molar-refractivity contribution is 6.05. The first kappa shape index (κ1) is 24.9. The highest BCUT2D eigenvalue weighted by Gasteiger charge is 2.20. The lowest BCUT2D eigenvalue weighted by Gasteiger charge is -2.13. The number of carbonyl (C=O) groups is 2. The van der Waals surface area contributed by atoms with Gasteiger partial charge in [0.05, 0.1) is 12.1 Å². The van der Waals surface area contributed by atoms with Crippen LogP contribution in [0.3, 0.4) is 0 Å². The summed E-state index contributed by atoms with van der Waals surface area (Å²) in [6, 6.07) is 8.94. The second-order valence-corrected chi connectivity index (χ2v) is 8.77. The van der Waals surface area contributed by atoms with Crippen LogP contribution in [0.5, 0.6) is 5.75 Å². The fourth-order valence-corrected chi connectivity index (χ4v) is 4.27. The summed E-state index contributed by atoms with van der Waals surface area (Å²) in [5, 5.41) is 13.8. The highest BCUT2D eigenvalue weighted by Crippen LogP contribution is 2.30. The number of carbonyl (C=O) groups excluding carboxylic acids is 2. The van der Waals surface area contributed by atoms with Crippen molar-refractivity contribution in [1.29, 1.82) is 0 Å². The maximum absolute atomic E-state index is 13.4. The molecule has 3 aromatic heterocycles. The Morgan fingerprint density at radius 3 is 3.03 bits per heavy atom. The second kappa shape index (κ2) is 11.1. The molecule has 196 valence electrons. The van der Waals surface area contributed by atoms with Crippen molar-refractivity contribution in [2.24, 2.45) is 0 Å². The Labute approximate surface area is 218 Å². The minimum atomic E-state index is -0.329. The van der Waals surface area contributed by atoms with Gasteiger partial charge in [-0.05, 0) is 56.5 Å². The van der Waals surface area contributed by atoms with E-state index in [9.17, 15) is 9.59 Å². The van der Waals surface area contributed by atoms with Crippen LogP contribution in [0.1, 0.15) is 35.3 Å². The molecule has 0 fully saturated rings. The number of pyridine rings is 1. The first-order valence-electron chi connectivity index (χ1n) is 12.4. The number of anilines is 1. The Balaban J connectivity index is 1.49. The Morgan fingerprint density at radius 1 is 1.26 bits per heavy atom. The fraction of sp³-hybridized carbons (Fsp3) is 0.308. The Hall–Kier alpha value is -4.74. The second-order valence-electron chi connectivity index (χ2n) is 8.77. The minimum absolute atomic E-state index is 0.260. The summed E-state index contributed by atoms with van der Waals surface area (Å²) in [5.41, 5.74) is 3.01. The molecule has 0 atom stereocenters. The van der Waals surface area contributed by atoms with Crippen molar-refractivity contribution in [2.45, 2.75) is 32.7 Å². The van der Waals surface area contributed by atoms with Crippen molar-refractivity contribution < 1.29 is 19.2 Å². The van der Waals surface area contributed by atoms with E-state index in [0.717, 1.165) is 24.8 Å². The Bertz CT molecular complexity index is 1490. The van der Waals surface area contributed by atoms with E-state index in [0.29, 0.717) is 59.7 Å². The van der Waals surface area contributed by atoms with Crippen LogP contribution in [-0.2, 0) is 11.3 Å². The maximum atomic E-state index is 13.4. The van der Waals surface area contributed by atoms with Crippen molar-refractivity contribution in [3.63, 3.8) is 0 Å². The van der Waals surface area contributed by atoms with Crippen LogP contribution in [0.2, 0.25) is 0 Å². The van der Waals surface area contributed by atoms with Crippen LogP contribution in [0, 0.1) is 6.92 Å². The molecule has 0 aliphatic carbocycles. The average Bonchev–Trinajstić information content (AvgIpc) is 3.52. The van der Waals surface area contributed by atoms with Crippen molar-refractivity contribution >= 4 is 28.8 Å². The molecule has 12 heteroatoms. The number of aryl methyl sites for hydroxylation is 2. The van der Waals surface area contributed by atoms with Gasteiger partial charge in [-0.3, -0.25) is 14.9 Å². The van der Waals surface area contributed by atoms with Gasteiger partial charge in [0.25, 0.3) is 5.91 Å². The zero-order valence-electron chi connectivity index (χ0n) is 21.0. The van der Waals surface area contributed by atoms with Gasteiger partial charge in [-0.15, -0.1) is 14.9 Å². The summed E-state index contributed by atoms with van der Waals surface area (Å²) in [5.74, 6) is 0.876. The highest BCUT2D eigenvalue weighted by atomic mass is 16.7. The van der Waals surface area contributed by atoms with E-state index < -0.39 is 0 Å². The number of nitrogens with zero attached hydrogens (tertiary/aromatic N) is 6. The van der Waals surface area contributed by atoms with Crippen LogP contribution in [-0.4, -0.2) is 61.0 Å². The molecule has 2 bridgehead atoms. The van der Waals surface area contributed by atoms with Crippen LogP contribution in [0.25, 0.3) is 22.6 Å². The van der Waals surface area contributed by atoms with Crippen molar-refractivity contribution in [2.75, 3.05) is 25.1 Å². The van der Waals surface area contributed by atoms with Gasteiger partial charge in [0, 0.05) is 17.8 Å². The average molecular weight is 517 g/mol. The van der Waals surface area contributed by atoms with Crippen LogP contribution in [0.15, 0.2) is 49.3 Å². The molecule has 12 nitrogen and oxygen atoms in total. The van der Waals surface area contributed by atoms with Gasteiger partial charge < -0.3 is 19.5 Å². The molecule has 0 radical (unpaired) electrons. The molecule has 2 N–H and O–H groups in total. The predicted octanol–water partition coefficient (Wildman–Crippen LogP) is 2.54. The molecule has 0 spiro atoms. The number of rotatable bonds is 5. The van der Waals surface area contributed by atoms with Crippen LogP contribution < -0.4 is 20.2 Å². The van der Waals surface area contributed by atoms with E-state index in [1.54, 1.807) is 12.1 Å². The first-order valence-corrected chi connectivity index (χ1v) is 12.4. The molecular weight excluding hydrogens is 488 g/mol. The first-order chi connectivity index (χ1) is 18.5. The largest absolute Gasteiger partial charge is 0.489 e. The van der Waals surface area contributed by atoms with Gasteiger partial charge in [0.1, 0.15) is 30.2 Å². The number of amides is 2. The number of imidazole rings is 1. The molecule has 0 saturated heterocycles. The number of benzene rings is 1. The molecular formula is C26H28N8O4. The molecule has 4 aromatic rings. The lowest BCUT2D eigenvalue weighted by molar-refractivity contribution is -0.116. The summed E-state index contributed by atoms with van der Waals surface area (Å²) >= 11 is 0. The molecule has 2 amide bonds. The zero-order valence-corrected chi connectivity index (χ0v) is 21.0. The summed E-state index contributed by atoms with van der Waals surface area (Å²) in [6.07, 6.45) is 5.22. The van der Waals surface area contributed by atoms with Crippen molar-refractivity contribution in [3.05, 3.63) is 60.6 Å². The van der Waals surface area contributed by atoms with E-state index in [4.69, 9.17) is 14.6 Å². The van der Waals surface area contributed by atoms with Gasteiger partial charge >= 0.3 is 0 Å². The molecule has 1 aromatic carbocycles. The molecule has 1 aliphatic rings. The monoisotopic (exact) mass is 516 g/mol. The van der Waals surface area contributed by atoms with Gasteiger partial charge in [-0.25, -0.2) is 9.97 Å². The van der Waals surface area contributed by atoms with Gasteiger partial charge in [-0.1, -0.05) is 12.6 Å². The summed E-state index contributed by atoms with van der Waals surface area (Å²) in [6.45, 7) is 6.94. The van der Waals surface area contributed by atoms with Crippen LogP contribution in [0.4, 0.5) is 5.95 Å². The third-order valence-electron chi connectivity index (χ3n) is 6.02. The lowest BCUT2D eigenvalue weighted by Crippen LogP contribution is -2.26. The molecule has 38 heavy (non-hydrogen) atoms. The molecule has 0 saturated carbocycles. The quantitative estimate of drug-likeness (QED) is 0.305.